The van der Waals surface area contributed by atoms with Crippen LogP contribution < -0.4 is 10.1 Å². The van der Waals surface area contributed by atoms with E-state index in [1.165, 1.54) is 12.4 Å². The van der Waals surface area contributed by atoms with Gasteiger partial charge in [0.15, 0.2) is 0 Å². The third kappa shape index (κ3) is 4.39. The molecule has 2 aromatic rings. The molecule has 26 heavy (non-hydrogen) atoms. The minimum absolute atomic E-state index is 0.0529. The van der Waals surface area contributed by atoms with Crippen LogP contribution >= 0.6 is 0 Å². The van der Waals surface area contributed by atoms with Crippen LogP contribution in [0, 0.1) is 0 Å². The number of nitrogens with one attached hydrogen (secondary N) is 1. The Kier molecular flexibility index (Phi) is 5.84. The number of ether oxygens (including phenoxy) is 1. The Labute approximate surface area is 153 Å². The zero-order chi connectivity index (χ0) is 18.4. The molecule has 0 spiro atoms. The molecule has 0 unspecified atom stereocenters. The fourth-order valence-electron chi connectivity index (χ4n) is 3.00. The molecule has 0 aliphatic carbocycles. The second-order valence-corrected chi connectivity index (χ2v) is 6.32. The molecule has 1 aliphatic heterocycles. The molecule has 136 valence electrons. The zero-order valence-electron chi connectivity index (χ0n) is 14.9. The number of nitrogens with zero attached hydrogens (tertiary/aromatic N) is 2. The van der Waals surface area contributed by atoms with Gasteiger partial charge in [0.2, 0.25) is 0 Å². The average molecular weight is 353 g/mol. The minimum atomic E-state index is -0.220. The Morgan fingerprint density at radius 3 is 2.50 bits per heavy atom. The van der Waals surface area contributed by atoms with Gasteiger partial charge in [-0.3, -0.25) is 14.6 Å². The van der Waals surface area contributed by atoms with Gasteiger partial charge in [0.05, 0.1) is 18.2 Å². The normalized spacial score (nSPS) is 13.5. The SMILES string of the molecule is COc1ccc(CCNC(=O)c2cncc(C(=O)N3CCCC3)c2)cc1. The lowest BCUT2D eigenvalue weighted by molar-refractivity contribution is 0.0792. The molecule has 0 atom stereocenters. The van der Waals surface area contributed by atoms with Crippen molar-refractivity contribution in [3.63, 3.8) is 0 Å². The van der Waals surface area contributed by atoms with Gasteiger partial charge in [-0.25, -0.2) is 0 Å². The summed E-state index contributed by atoms with van der Waals surface area (Å²) in [5.41, 5.74) is 1.99. The summed E-state index contributed by atoms with van der Waals surface area (Å²) in [5, 5.41) is 2.88. The predicted molar refractivity (Wildman–Crippen MR) is 98.4 cm³/mol. The van der Waals surface area contributed by atoms with Gasteiger partial charge < -0.3 is 15.0 Å². The number of methoxy groups -OCH3 is 1. The van der Waals surface area contributed by atoms with Crippen LogP contribution in [0.5, 0.6) is 5.75 Å². The van der Waals surface area contributed by atoms with E-state index in [-0.39, 0.29) is 11.8 Å². The number of likely N-dealkylation sites (tertiary alicyclic amines) is 1. The number of pyridine rings is 1. The molecule has 1 saturated heterocycles. The first-order valence-electron chi connectivity index (χ1n) is 8.83. The second-order valence-electron chi connectivity index (χ2n) is 6.32. The van der Waals surface area contributed by atoms with Crippen LogP contribution in [0.3, 0.4) is 0 Å². The second kappa shape index (κ2) is 8.47. The monoisotopic (exact) mass is 353 g/mol. The summed E-state index contributed by atoms with van der Waals surface area (Å²) in [7, 11) is 1.63. The van der Waals surface area contributed by atoms with Gasteiger partial charge in [-0.05, 0) is 43.0 Å². The first kappa shape index (κ1) is 17.9. The van der Waals surface area contributed by atoms with E-state index in [1.807, 2.05) is 29.2 Å². The summed E-state index contributed by atoms with van der Waals surface area (Å²) in [6, 6.07) is 9.36. The molecule has 3 rings (SSSR count). The molecule has 2 heterocycles. The summed E-state index contributed by atoms with van der Waals surface area (Å²) < 4.78 is 5.13. The number of amides is 2. The van der Waals surface area contributed by atoms with E-state index < -0.39 is 0 Å². The highest BCUT2D eigenvalue weighted by Gasteiger charge is 2.20. The molecule has 0 radical (unpaired) electrons. The van der Waals surface area contributed by atoms with Gasteiger partial charge >= 0.3 is 0 Å². The fourth-order valence-corrected chi connectivity index (χ4v) is 3.00. The van der Waals surface area contributed by atoms with E-state index in [4.69, 9.17) is 4.74 Å². The van der Waals surface area contributed by atoms with Crippen molar-refractivity contribution >= 4 is 11.8 Å². The maximum absolute atomic E-state index is 12.4. The van der Waals surface area contributed by atoms with Crippen molar-refractivity contribution in [1.29, 1.82) is 0 Å². The van der Waals surface area contributed by atoms with Crippen molar-refractivity contribution < 1.29 is 14.3 Å². The highest BCUT2D eigenvalue weighted by atomic mass is 16.5. The summed E-state index contributed by atoms with van der Waals surface area (Å²) in [4.78, 5) is 30.6. The largest absolute Gasteiger partial charge is 0.497 e. The van der Waals surface area contributed by atoms with E-state index in [0.29, 0.717) is 17.7 Å². The van der Waals surface area contributed by atoms with Crippen LogP contribution in [0.25, 0.3) is 0 Å². The van der Waals surface area contributed by atoms with Crippen LogP contribution in [0.1, 0.15) is 39.1 Å². The molecule has 1 fully saturated rings. The average Bonchev–Trinajstić information content (AvgIpc) is 3.23. The molecule has 0 saturated carbocycles. The van der Waals surface area contributed by atoms with E-state index in [9.17, 15) is 9.59 Å². The Morgan fingerprint density at radius 2 is 1.81 bits per heavy atom. The van der Waals surface area contributed by atoms with Crippen molar-refractivity contribution in [2.45, 2.75) is 19.3 Å². The molecule has 6 nitrogen and oxygen atoms in total. The summed E-state index contributed by atoms with van der Waals surface area (Å²) in [5.74, 6) is 0.535. The van der Waals surface area contributed by atoms with E-state index >= 15 is 0 Å². The number of carbonyl (C=O) groups excluding carboxylic acids is 2. The number of carbonyl (C=O) groups is 2. The molecule has 1 aliphatic rings. The van der Waals surface area contributed by atoms with Gasteiger partial charge in [-0.2, -0.15) is 0 Å². The third-order valence-electron chi connectivity index (χ3n) is 4.50. The van der Waals surface area contributed by atoms with Crippen LogP contribution in [0.2, 0.25) is 0 Å². The van der Waals surface area contributed by atoms with Crippen molar-refractivity contribution in [2.24, 2.45) is 0 Å². The quantitative estimate of drug-likeness (QED) is 0.865. The highest BCUT2D eigenvalue weighted by Crippen LogP contribution is 2.14. The number of hydrogen-bond acceptors (Lipinski definition) is 4. The fraction of sp³-hybridized carbons (Fsp3) is 0.350. The maximum Gasteiger partial charge on any atom is 0.255 e. The predicted octanol–water partition coefficient (Wildman–Crippen LogP) is 2.30. The van der Waals surface area contributed by atoms with Crippen LogP contribution in [0.4, 0.5) is 0 Å². The lowest BCUT2D eigenvalue weighted by Crippen LogP contribution is -2.29. The lowest BCUT2D eigenvalue weighted by atomic mass is 10.1. The standard InChI is InChI=1S/C20H23N3O3/c1-26-18-6-4-15(5-7-18)8-9-22-19(24)16-12-17(14-21-13-16)20(25)23-10-2-3-11-23/h4-7,12-14H,2-3,8-11H2,1H3,(H,22,24). The van der Waals surface area contributed by atoms with Crippen molar-refractivity contribution in [1.82, 2.24) is 15.2 Å². The molecule has 1 aromatic heterocycles. The van der Waals surface area contributed by atoms with Gasteiger partial charge in [-0.1, -0.05) is 12.1 Å². The van der Waals surface area contributed by atoms with Gasteiger partial charge in [-0.15, -0.1) is 0 Å². The molecule has 0 bridgehead atoms. The highest BCUT2D eigenvalue weighted by molar-refractivity contribution is 5.99. The van der Waals surface area contributed by atoms with Crippen LogP contribution in [-0.2, 0) is 6.42 Å². The molecule has 6 heteroatoms. The Hall–Kier alpha value is -2.89. The first-order chi connectivity index (χ1) is 12.7. The smallest absolute Gasteiger partial charge is 0.255 e. The topological polar surface area (TPSA) is 71.5 Å². The number of aromatic nitrogens is 1. The lowest BCUT2D eigenvalue weighted by Gasteiger charge is -2.15. The Balaban J connectivity index is 1.55. The molecular weight excluding hydrogens is 330 g/mol. The van der Waals surface area contributed by atoms with Crippen LogP contribution in [-0.4, -0.2) is 48.4 Å². The van der Waals surface area contributed by atoms with Crippen LogP contribution in [0.15, 0.2) is 42.7 Å². The van der Waals surface area contributed by atoms with Gasteiger partial charge in [0.1, 0.15) is 5.75 Å². The Morgan fingerprint density at radius 1 is 1.12 bits per heavy atom. The van der Waals surface area contributed by atoms with E-state index in [1.54, 1.807) is 13.2 Å². The van der Waals surface area contributed by atoms with E-state index in [0.717, 1.165) is 43.7 Å². The first-order valence-corrected chi connectivity index (χ1v) is 8.83. The maximum atomic E-state index is 12.4. The molecular formula is C20H23N3O3. The Bertz CT molecular complexity index is 768. The number of benzene rings is 1. The molecule has 2 amide bonds. The minimum Gasteiger partial charge on any atom is -0.497 e. The van der Waals surface area contributed by atoms with Gasteiger partial charge in [0, 0.05) is 32.0 Å². The van der Waals surface area contributed by atoms with Crippen molar-refractivity contribution in [3.05, 3.63) is 59.4 Å². The summed E-state index contributed by atoms with van der Waals surface area (Å²) in [6.45, 7) is 2.06. The molecule has 1 N–H and O–H groups in total. The van der Waals surface area contributed by atoms with Crippen molar-refractivity contribution in [3.8, 4) is 5.75 Å². The zero-order valence-corrected chi connectivity index (χ0v) is 14.9. The third-order valence-corrected chi connectivity index (χ3v) is 4.50. The summed E-state index contributed by atoms with van der Waals surface area (Å²) in [6.07, 6.45) is 5.79. The summed E-state index contributed by atoms with van der Waals surface area (Å²) >= 11 is 0. The molecule has 1 aromatic carbocycles. The van der Waals surface area contributed by atoms with Gasteiger partial charge in [0.25, 0.3) is 11.8 Å². The number of hydrogen-bond donors (Lipinski definition) is 1. The van der Waals surface area contributed by atoms with E-state index in [2.05, 4.69) is 10.3 Å². The van der Waals surface area contributed by atoms with Crippen molar-refractivity contribution in [2.75, 3.05) is 26.7 Å². The number of rotatable bonds is 6.